The minimum Gasteiger partial charge on any atom is -0.382 e. The van der Waals surface area contributed by atoms with Gasteiger partial charge in [-0.1, -0.05) is 23.9 Å². The van der Waals surface area contributed by atoms with Crippen molar-refractivity contribution < 1.29 is 23.7 Å². The summed E-state index contributed by atoms with van der Waals surface area (Å²) < 4.78 is 26.9. The van der Waals surface area contributed by atoms with Gasteiger partial charge >= 0.3 is 0 Å². The van der Waals surface area contributed by atoms with Crippen LogP contribution < -0.4 is 0 Å². The number of nitrogens with zero attached hydrogens (tertiary/aromatic N) is 2. The Balaban J connectivity index is 1.23. The Morgan fingerprint density at radius 2 is 1.46 bits per heavy atom. The molecule has 0 aliphatic rings. The van der Waals surface area contributed by atoms with Crippen LogP contribution in [0.1, 0.15) is 11.3 Å². The Morgan fingerprint density at radius 3 is 2.14 bits per heavy atom. The molecule has 2 aromatic heterocycles. The highest BCUT2D eigenvalue weighted by atomic mass is 32.2. The van der Waals surface area contributed by atoms with Crippen LogP contribution in [0.15, 0.2) is 46.6 Å². The summed E-state index contributed by atoms with van der Waals surface area (Å²) in [6.07, 6.45) is 1.88. The zero-order chi connectivity index (χ0) is 24.6. The van der Waals surface area contributed by atoms with Crippen molar-refractivity contribution >= 4 is 34.6 Å². The molecule has 0 amide bonds. The zero-order valence-electron chi connectivity index (χ0n) is 20.5. The van der Waals surface area contributed by atoms with Crippen molar-refractivity contribution in [3.8, 4) is 0 Å². The molecule has 2 heterocycles. The Labute approximate surface area is 215 Å². The van der Waals surface area contributed by atoms with Gasteiger partial charge in [0.1, 0.15) is 0 Å². The van der Waals surface area contributed by atoms with E-state index in [1.807, 2.05) is 30.5 Å². The molecule has 192 valence electrons. The van der Waals surface area contributed by atoms with Crippen LogP contribution in [0.5, 0.6) is 0 Å². The third kappa shape index (κ3) is 10.5. The molecule has 3 aromatic rings. The summed E-state index contributed by atoms with van der Waals surface area (Å²) in [6.45, 7) is 7.40. The molecule has 0 radical (unpaired) electrons. The fourth-order valence-electron chi connectivity index (χ4n) is 3.11. The van der Waals surface area contributed by atoms with Gasteiger partial charge in [-0.25, -0.2) is 4.98 Å². The third-order valence-corrected chi connectivity index (χ3v) is 7.01. The summed E-state index contributed by atoms with van der Waals surface area (Å²) in [5, 5.41) is 0.916. The molecule has 0 atom stereocenters. The van der Waals surface area contributed by atoms with Gasteiger partial charge in [0.2, 0.25) is 0 Å². The van der Waals surface area contributed by atoms with E-state index in [2.05, 4.69) is 27.9 Å². The van der Waals surface area contributed by atoms with Crippen LogP contribution in [-0.4, -0.2) is 87.3 Å². The topological polar surface area (TPSA) is 87.7 Å². The minimum absolute atomic E-state index is 0.557. The number of aromatic nitrogens is 3. The molecule has 0 saturated heterocycles. The van der Waals surface area contributed by atoms with E-state index in [0.717, 1.165) is 33.4 Å². The highest BCUT2D eigenvalue weighted by molar-refractivity contribution is 7.99. The average Bonchev–Trinajstić information content (AvgIpc) is 3.29. The second-order valence-electron chi connectivity index (χ2n) is 7.52. The van der Waals surface area contributed by atoms with E-state index in [0.29, 0.717) is 59.5 Å². The van der Waals surface area contributed by atoms with Crippen molar-refractivity contribution in [2.75, 3.05) is 72.3 Å². The maximum Gasteiger partial charge on any atom is 0.166 e. The monoisotopic (exact) mass is 521 g/mol. The summed E-state index contributed by atoms with van der Waals surface area (Å²) in [5.74, 6) is 1.66. The number of hydrogen-bond acceptors (Lipinski definition) is 9. The first-order valence-corrected chi connectivity index (χ1v) is 13.7. The lowest BCUT2D eigenvalue weighted by Gasteiger charge is -2.10. The van der Waals surface area contributed by atoms with E-state index < -0.39 is 0 Å². The summed E-state index contributed by atoms with van der Waals surface area (Å²) in [5.41, 5.74) is 4.34. The second-order valence-corrected chi connectivity index (χ2v) is 9.62. The van der Waals surface area contributed by atoms with Crippen LogP contribution in [0.4, 0.5) is 0 Å². The molecule has 10 heteroatoms. The fourth-order valence-corrected chi connectivity index (χ4v) is 4.93. The fraction of sp³-hybridized carbons (Fsp3) is 0.520. The summed E-state index contributed by atoms with van der Waals surface area (Å²) >= 11 is 3.47. The lowest BCUT2D eigenvalue weighted by molar-refractivity contribution is -0.00660. The van der Waals surface area contributed by atoms with Gasteiger partial charge in [0.05, 0.1) is 76.2 Å². The molecular formula is C25H35N3O5S2. The largest absolute Gasteiger partial charge is 0.382 e. The summed E-state index contributed by atoms with van der Waals surface area (Å²) in [7, 11) is 1.66. The predicted molar refractivity (Wildman–Crippen MR) is 141 cm³/mol. The number of fused-ring (bicyclic) bond motifs is 1. The number of pyridine rings is 1. The van der Waals surface area contributed by atoms with Crippen molar-refractivity contribution in [1.29, 1.82) is 0 Å². The van der Waals surface area contributed by atoms with Crippen LogP contribution in [0, 0.1) is 6.92 Å². The molecule has 3 rings (SSSR count). The highest BCUT2D eigenvalue weighted by Crippen LogP contribution is 2.28. The van der Waals surface area contributed by atoms with E-state index in [9.17, 15) is 0 Å². The van der Waals surface area contributed by atoms with Crippen molar-refractivity contribution in [3.63, 3.8) is 0 Å². The first-order valence-electron chi connectivity index (χ1n) is 11.7. The number of ether oxygens (including phenoxy) is 5. The number of rotatable bonds is 19. The number of methoxy groups -OCH3 is 1. The molecule has 35 heavy (non-hydrogen) atoms. The number of H-pyrrole nitrogens is 1. The Hall–Kier alpha value is -1.66. The van der Waals surface area contributed by atoms with Crippen LogP contribution in [0.2, 0.25) is 0 Å². The van der Waals surface area contributed by atoms with Crippen LogP contribution >= 0.6 is 23.5 Å². The van der Waals surface area contributed by atoms with Gasteiger partial charge in [-0.3, -0.25) is 4.98 Å². The van der Waals surface area contributed by atoms with E-state index in [1.54, 1.807) is 30.6 Å². The molecule has 0 aliphatic carbocycles. The van der Waals surface area contributed by atoms with Crippen molar-refractivity contribution in [3.05, 3.63) is 47.8 Å². The predicted octanol–water partition coefficient (Wildman–Crippen LogP) is 4.36. The van der Waals surface area contributed by atoms with Gasteiger partial charge in [0, 0.05) is 29.7 Å². The van der Waals surface area contributed by atoms with Gasteiger partial charge in [0.25, 0.3) is 0 Å². The molecule has 1 aromatic carbocycles. The number of nitrogens with one attached hydrogen (secondary N) is 1. The number of imidazole rings is 1. The van der Waals surface area contributed by atoms with E-state index >= 15 is 0 Å². The molecule has 0 spiro atoms. The molecule has 1 N–H and O–H groups in total. The van der Waals surface area contributed by atoms with Crippen molar-refractivity contribution in [2.24, 2.45) is 0 Å². The molecule has 0 fully saturated rings. The molecule has 8 nitrogen and oxygen atoms in total. The van der Waals surface area contributed by atoms with Gasteiger partial charge in [-0.05, 0) is 30.7 Å². The summed E-state index contributed by atoms with van der Waals surface area (Å²) in [4.78, 5) is 13.8. The van der Waals surface area contributed by atoms with Gasteiger partial charge < -0.3 is 28.7 Å². The SMILES string of the molecule is COCCOCCOCCOCCOCCSc1ccnc(CSc2nc3ccccc3[nH]2)c1C. The summed E-state index contributed by atoms with van der Waals surface area (Å²) in [6, 6.07) is 10.1. The molecule has 0 bridgehead atoms. The number of hydrogen-bond donors (Lipinski definition) is 1. The first-order chi connectivity index (χ1) is 17.3. The molecular weight excluding hydrogens is 486 g/mol. The number of aromatic amines is 1. The molecule has 0 unspecified atom stereocenters. The highest BCUT2D eigenvalue weighted by Gasteiger charge is 2.09. The minimum atomic E-state index is 0.557. The first kappa shape index (κ1) is 27.9. The standard InChI is InChI=1S/C25H35N3O5S2/c1-20-23(19-35-25-27-21-5-3-4-6-22(21)28-25)26-8-7-24(20)34-18-17-33-16-15-32-14-13-31-12-11-30-10-9-29-2/h3-8H,9-19H2,1-2H3,(H,27,28). The van der Waals surface area contributed by atoms with Gasteiger partial charge in [0.15, 0.2) is 5.16 Å². The maximum absolute atomic E-state index is 5.69. The molecule has 0 saturated carbocycles. The number of benzene rings is 1. The Morgan fingerprint density at radius 1 is 0.800 bits per heavy atom. The van der Waals surface area contributed by atoms with E-state index in [-0.39, 0.29) is 0 Å². The normalized spacial score (nSPS) is 11.5. The maximum atomic E-state index is 5.69. The Kier molecular flexibility index (Phi) is 13.5. The van der Waals surface area contributed by atoms with E-state index in [1.165, 1.54) is 10.5 Å². The zero-order valence-corrected chi connectivity index (χ0v) is 22.1. The smallest absolute Gasteiger partial charge is 0.166 e. The number of para-hydroxylation sites is 2. The van der Waals surface area contributed by atoms with Crippen LogP contribution in [0.3, 0.4) is 0 Å². The second kappa shape index (κ2) is 16.9. The van der Waals surface area contributed by atoms with Gasteiger partial charge in [-0.2, -0.15) is 0 Å². The third-order valence-electron chi connectivity index (χ3n) is 5.01. The van der Waals surface area contributed by atoms with E-state index in [4.69, 9.17) is 23.7 Å². The van der Waals surface area contributed by atoms with Crippen molar-refractivity contribution in [2.45, 2.75) is 22.7 Å². The Bertz CT molecular complexity index is 956. The average molecular weight is 522 g/mol. The van der Waals surface area contributed by atoms with Gasteiger partial charge in [-0.15, -0.1) is 11.8 Å². The van der Waals surface area contributed by atoms with Crippen LogP contribution in [-0.2, 0) is 29.4 Å². The van der Waals surface area contributed by atoms with Crippen molar-refractivity contribution in [1.82, 2.24) is 15.0 Å². The molecule has 0 aliphatic heterocycles. The quantitative estimate of drug-likeness (QED) is 0.183. The lowest BCUT2D eigenvalue weighted by atomic mass is 10.2. The number of thioether (sulfide) groups is 2. The lowest BCUT2D eigenvalue weighted by Crippen LogP contribution is -2.13. The van der Waals surface area contributed by atoms with Crippen LogP contribution in [0.25, 0.3) is 11.0 Å².